The van der Waals surface area contributed by atoms with E-state index in [1.54, 1.807) is 19.3 Å². The zero-order valence-corrected chi connectivity index (χ0v) is 15.4. The lowest BCUT2D eigenvalue weighted by atomic mass is 10.1. The molecule has 0 radical (unpaired) electrons. The van der Waals surface area contributed by atoms with E-state index in [0.29, 0.717) is 11.3 Å². The van der Waals surface area contributed by atoms with Crippen molar-refractivity contribution >= 4 is 35.2 Å². The highest BCUT2D eigenvalue weighted by Crippen LogP contribution is 2.41. The first-order valence-electron chi connectivity index (χ1n) is 7.86. The predicted octanol–water partition coefficient (Wildman–Crippen LogP) is 6.10. The summed E-state index contributed by atoms with van der Waals surface area (Å²) in [4.78, 5) is 6.05. The van der Waals surface area contributed by atoms with Gasteiger partial charge in [0.1, 0.15) is 5.82 Å². The molecule has 0 aliphatic heterocycles. The van der Waals surface area contributed by atoms with Crippen LogP contribution in [-0.4, -0.2) is 30.3 Å². The SMILES string of the molecule is CCN(C)/C=N/c1cc(F)c(Nc2ccccc2SC(F)(F)F)cc1C. The van der Waals surface area contributed by atoms with Gasteiger partial charge in [0.15, 0.2) is 0 Å². The first-order chi connectivity index (χ1) is 12.2. The summed E-state index contributed by atoms with van der Waals surface area (Å²) in [5, 5.41) is 2.75. The van der Waals surface area contributed by atoms with E-state index < -0.39 is 11.3 Å². The molecule has 0 fully saturated rings. The monoisotopic (exact) mass is 385 g/mol. The van der Waals surface area contributed by atoms with E-state index in [9.17, 15) is 17.6 Å². The van der Waals surface area contributed by atoms with Gasteiger partial charge in [0, 0.05) is 24.6 Å². The summed E-state index contributed by atoms with van der Waals surface area (Å²) in [5.74, 6) is -0.589. The van der Waals surface area contributed by atoms with Crippen molar-refractivity contribution < 1.29 is 17.6 Å². The number of alkyl halides is 3. The second kappa shape index (κ2) is 8.44. The summed E-state index contributed by atoms with van der Waals surface area (Å²) < 4.78 is 52.4. The second-order valence-electron chi connectivity index (χ2n) is 5.61. The van der Waals surface area contributed by atoms with Crippen LogP contribution in [0.15, 0.2) is 46.3 Å². The van der Waals surface area contributed by atoms with Gasteiger partial charge in [-0.3, -0.25) is 0 Å². The van der Waals surface area contributed by atoms with Crippen LogP contribution in [0.1, 0.15) is 12.5 Å². The van der Waals surface area contributed by atoms with Gasteiger partial charge in [-0.1, -0.05) is 12.1 Å². The van der Waals surface area contributed by atoms with Crippen molar-refractivity contribution in [1.29, 1.82) is 0 Å². The van der Waals surface area contributed by atoms with Crippen LogP contribution in [0.5, 0.6) is 0 Å². The zero-order chi connectivity index (χ0) is 19.3. The smallest absolute Gasteiger partial charge is 0.366 e. The molecule has 0 heterocycles. The highest BCUT2D eigenvalue weighted by atomic mass is 32.2. The van der Waals surface area contributed by atoms with Gasteiger partial charge in [-0.15, -0.1) is 0 Å². The Balaban J connectivity index is 2.29. The third-order valence-corrected chi connectivity index (χ3v) is 4.37. The number of para-hydroxylation sites is 1. The largest absolute Gasteiger partial charge is 0.446 e. The molecule has 1 N–H and O–H groups in total. The van der Waals surface area contributed by atoms with Gasteiger partial charge >= 0.3 is 5.51 Å². The predicted molar refractivity (Wildman–Crippen MR) is 99.2 cm³/mol. The van der Waals surface area contributed by atoms with Crippen LogP contribution in [0, 0.1) is 12.7 Å². The molecule has 0 atom stereocenters. The van der Waals surface area contributed by atoms with Crippen LogP contribution in [0.3, 0.4) is 0 Å². The first-order valence-corrected chi connectivity index (χ1v) is 8.67. The van der Waals surface area contributed by atoms with Crippen molar-refractivity contribution in [2.45, 2.75) is 24.3 Å². The Kier molecular flexibility index (Phi) is 6.52. The molecule has 140 valence electrons. The van der Waals surface area contributed by atoms with Crippen LogP contribution in [0.2, 0.25) is 0 Å². The molecule has 0 aliphatic carbocycles. The normalized spacial score (nSPS) is 11.8. The maximum absolute atomic E-state index is 14.4. The maximum atomic E-state index is 14.4. The minimum atomic E-state index is -4.42. The van der Waals surface area contributed by atoms with Gasteiger partial charge in [-0.25, -0.2) is 9.38 Å². The average Bonchev–Trinajstić information content (AvgIpc) is 2.56. The molecule has 26 heavy (non-hydrogen) atoms. The fourth-order valence-corrected chi connectivity index (χ4v) is 2.70. The van der Waals surface area contributed by atoms with Crippen LogP contribution in [0.4, 0.5) is 34.6 Å². The Bertz CT molecular complexity index is 790. The fourth-order valence-electron chi connectivity index (χ4n) is 2.08. The van der Waals surface area contributed by atoms with Crippen molar-refractivity contribution in [3.05, 3.63) is 47.8 Å². The standard InChI is InChI=1S/C18H19F4N3S/c1-4-25(3)11-23-15-10-13(19)16(9-12(15)2)24-14-7-5-6-8-17(14)26-18(20,21)22/h5-11,24H,4H2,1-3H3/b23-11+. The molecular weight excluding hydrogens is 366 g/mol. The van der Waals surface area contributed by atoms with Crippen LogP contribution in [-0.2, 0) is 0 Å². The molecular formula is C18H19F4N3S. The summed E-state index contributed by atoms with van der Waals surface area (Å²) >= 11 is -0.240. The summed E-state index contributed by atoms with van der Waals surface area (Å²) in [6, 6.07) is 8.70. The molecule has 0 saturated heterocycles. The number of thioether (sulfide) groups is 1. The van der Waals surface area contributed by atoms with E-state index in [2.05, 4.69) is 10.3 Å². The van der Waals surface area contributed by atoms with E-state index in [0.717, 1.165) is 6.54 Å². The van der Waals surface area contributed by atoms with Gasteiger partial charge < -0.3 is 10.2 Å². The number of anilines is 2. The summed E-state index contributed by atoms with van der Waals surface area (Å²) in [5.41, 5.74) is -2.96. The number of nitrogens with zero attached hydrogens (tertiary/aromatic N) is 2. The minimum Gasteiger partial charge on any atom is -0.366 e. The minimum absolute atomic E-state index is 0.0243. The van der Waals surface area contributed by atoms with E-state index in [1.165, 1.54) is 30.3 Å². The molecule has 0 aliphatic rings. The number of hydrogen-bond acceptors (Lipinski definition) is 3. The Labute approximate surface area is 154 Å². The molecule has 0 spiro atoms. The highest BCUT2D eigenvalue weighted by molar-refractivity contribution is 8.00. The molecule has 2 rings (SSSR count). The Hall–Kier alpha value is -2.22. The number of hydrogen-bond donors (Lipinski definition) is 1. The maximum Gasteiger partial charge on any atom is 0.446 e. The van der Waals surface area contributed by atoms with E-state index in [4.69, 9.17) is 0 Å². The van der Waals surface area contributed by atoms with Gasteiger partial charge in [0.2, 0.25) is 0 Å². The van der Waals surface area contributed by atoms with Crippen molar-refractivity contribution in [2.75, 3.05) is 18.9 Å². The summed E-state index contributed by atoms with van der Waals surface area (Å²) in [7, 11) is 1.85. The van der Waals surface area contributed by atoms with Crippen molar-refractivity contribution in [3.63, 3.8) is 0 Å². The van der Waals surface area contributed by atoms with Gasteiger partial charge in [-0.05, 0) is 49.4 Å². The number of nitrogens with one attached hydrogen (secondary N) is 1. The van der Waals surface area contributed by atoms with Crippen LogP contribution >= 0.6 is 11.8 Å². The van der Waals surface area contributed by atoms with Crippen LogP contribution < -0.4 is 5.32 Å². The number of aliphatic imine (C=N–C) groups is 1. The highest BCUT2D eigenvalue weighted by Gasteiger charge is 2.30. The Morgan fingerprint density at radius 2 is 1.88 bits per heavy atom. The molecule has 0 bridgehead atoms. The van der Waals surface area contributed by atoms with Crippen molar-refractivity contribution in [3.8, 4) is 0 Å². The molecule has 0 saturated carbocycles. The lowest BCUT2D eigenvalue weighted by molar-refractivity contribution is -0.0327. The first kappa shape index (κ1) is 20.1. The van der Waals surface area contributed by atoms with Gasteiger partial charge in [0.05, 0.1) is 23.4 Å². The average molecular weight is 385 g/mol. The lowest BCUT2D eigenvalue weighted by Crippen LogP contribution is -2.14. The second-order valence-corrected chi connectivity index (χ2v) is 6.71. The number of rotatable bonds is 6. The topological polar surface area (TPSA) is 27.6 Å². The zero-order valence-electron chi connectivity index (χ0n) is 14.6. The number of benzene rings is 2. The lowest BCUT2D eigenvalue weighted by Gasteiger charge is -2.15. The third kappa shape index (κ3) is 5.66. The quantitative estimate of drug-likeness (QED) is 0.282. The van der Waals surface area contributed by atoms with E-state index in [-0.39, 0.29) is 28.0 Å². The van der Waals surface area contributed by atoms with Crippen LogP contribution in [0.25, 0.3) is 0 Å². The molecule has 2 aromatic carbocycles. The molecule has 8 heteroatoms. The van der Waals surface area contributed by atoms with Gasteiger partial charge in [0.25, 0.3) is 0 Å². The number of aryl methyl sites for hydroxylation is 1. The molecule has 0 aromatic heterocycles. The summed E-state index contributed by atoms with van der Waals surface area (Å²) in [6.45, 7) is 4.49. The van der Waals surface area contributed by atoms with Crippen molar-refractivity contribution in [1.82, 2.24) is 4.90 Å². The molecule has 2 aromatic rings. The van der Waals surface area contributed by atoms with Crippen molar-refractivity contribution in [2.24, 2.45) is 4.99 Å². The third-order valence-electron chi connectivity index (χ3n) is 3.56. The van der Waals surface area contributed by atoms with E-state index in [1.807, 2.05) is 18.9 Å². The summed E-state index contributed by atoms with van der Waals surface area (Å²) in [6.07, 6.45) is 1.60. The number of halogens is 4. The Morgan fingerprint density at radius 1 is 1.19 bits per heavy atom. The molecule has 0 unspecified atom stereocenters. The van der Waals surface area contributed by atoms with Gasteiger partial charge in [-0.2, -0.15) is 13.2 Å². The van der Waals surface area contributed by atoms with E-state index >= 15 is 0 Å². The molecule has 0 amide bonds. The molecule has 3 nitrogen and oxygen atoms in total. The Morgan fingerprint density at radius 3 is 2.54 bits per heavy atom. The fraction of sp³-hybridized carbons (Fsp3) is 0.278.